The first kappa shape index (κ1) is 15.3. The number of anilines is 2. The van der Waals surface area contributed by atoms with E-state index in [-0.39, 0.29) is 5.91 Å². The molecule has 2 N–H and O–H groups in total. The van der Waals surface area contributed by atoms with Gasteiger partial charge in [-0.1, -0.05) is 0 Å². The summed E-state index contributed by atoms with van der Waals surface area (Å²) in [5.41, 5.74) is 1.19. The van der Waals surface area contributed by atoms with Crippen molar-refractivity contribution in [2.24, 2.45) is 0 Å². The number of halogens is 1. The fourth-order valence-corrected chi connectivity index (χ4v) is 2.12. The number of rotatable bonds is 5. The van der Waals surface area contributed by atoms with Gasteiger partial charge in [0, 0.05) is 28.8 Å². The number of benzene rings is 1. The van der Waals surface area contributed by atoms with E-state index >= 15 is 0 Å². The number of nitrogens with zero attached hydrogens (tertiary/aromatic N) is 1. The molecule has 0 atom stereocenters. The number of carbonyl (C=O) groups excluding carboxylic acids is 1. The number of hydrogen-bond acceptors (Lipinski definition) is 4. The first-order valence-electron chi connectivity index (χ1n) is 6.49. The van der Waals surface area contributed by atoms with Crippen molar-refractivity contribution in [2.45, 2.75) is 6.92 Å². The van der Waals surface area contributed by atoms with E-state index in [1.807, 2.05) is 19.1 Å². The van der Waals surface area contributed by atoms with Gasteiger partial charge in [0.25, 0.3) is 5.91 Å². The number of pyridine rings is 1. The third kappa shape index (κ3) is 3.95. The maximum Gasteiger partial charge on any atom is 0.255 e. The van der Waals surface area contributed by atoms with Crippen molar-refractivity contribution < 1.29 is 9.53 Å². The average Bonchev–Trinajstić information content (AvgIpc) is 2.50. The van der Waals surface area contributed by atoms with Gasteiger partial charge in [-0.15, -0.1) is 0 Å². The monoisotopic (exact) mass is 349 g/mol. The molecule has 1 aromatic carbocycles. The van der Waals surface area contributed by atoms with E-state index in [4.69, 9.17) is 4.74 Å². The molecule has 5 nitrogen and oxygen atoms in total. The SMILES string of the molecule is CCNc1cc(C(=O)Nc2cc(OC)ccc2Br)ccn1. The molecule has 0 unspecified atom stereocenters. The standard InChI is InChI=1S/C15H16BrN3O2/c1-3-17-14-8-10(6-7-18-14)15(20)19-13-9-11(21-2)4-5-12(13)16/h4-9H,3H2,1-2H3,(H,17,18)(H,19,20). The highest BCUT2D eigenvalue weighted by Crippen LogP contribution is 2.27. The van der Waals surface area contributed by atoms with E-state index in [1.54, 1.807) is 31.5 Å². The van der Waals surface area contributed by atoms with Crippen LogP contribution in [0.1, 0.15) is 17.3 Å². The Balaban J connectivity index is 2.19. The van der Waals surface area contributed by atoms with E-state index in [0.717, 1.165) is 11.0 Å². The fraction of sp³-hybridized carbons (Fsp3) is 0.200. The van der Waals surface area contributed by atoms with Gasteiger partial charge in [0.2, 0.25) is 0 Å². The summed E-state index contributed by atoms with van der Waals surface area (Å²) in [4.78, 5) is 16.4. The summed E-state index contributed by atoms with van der Waals surface area (Å²) in [7, 11) is 1.58. The third-order valence-corrected chi connectivity index (χ3v) is 3.49. The number of ether oxygens (including phenoxy) is 1. The second-order valence-electron chi connectivity index (χ2n) is 4.26. The second-order valence-corrected chi connectivity index (χ2v) is 5.11. The van der Waals surface area contributed by atoms with Gasteiger partial charge in [-0.3, -0.25) is 4.79 Å². The van der Waals surface area contributed by atoms with Crippen molar-refractivity contribution in [2.75, 3.05) is 24.3 Å². The topological polar surface area (TPSA) is 63.2 Å². The molecule has 1 amide bonds. The van der Waals surface area contributed by atoms with Gasteiger partial charge >= 0.3 is 0 Å². The molecule has 0 saturated carbocycles. The lowest BCUT2D eigenvalue weighted by atomic mass is 10.2. The first-order valence-corrected chi connectivity index (χ1v) is 7.28. The molecule has 0 aliphatic rings. The summed E-state index contributed by atoms with van der Waals surface area (Å²) in [6, 6.07) is 8.78. The highest BCUT2D eigenvalue weighted by molar-refractivity contribution is 9.10. The number of amides is 1. The fourth-order valence-electron chi connectivity index (χ4n) is 1.77. The molecule has 1 aromatic heterocycles. The summed E-state index contributed by atoms with van der Waals surface area (Å²) in [5, 5.41) is 5.93. The molecule has 2 aromatic rings. The van der Waals surface area contributed by atoms with Crippen LogP contribution >= 0.6 is 15.9 Å². The highest BCUT2D eigenvalue weighted by atomic mass is 79.9. The summed E-state index contributed by atoms with van der Waals surface area (Å²) in [6.45, 7) is 2.72. The Morgan fingerprint density at radius 3 is 2.86 bits per heavy atom. The minimum atomic E-state index is -0.203. The van der Waals surface area contributed by atoms with Gasteiger partial charge in [-0.05, 0) is 47.1 Å². The normalized spacial score (nSPS) is 10.0. The Bertz CT molecular complexity index is 647. The van der Waals surface area contributed by atoms with E-state index in [2.05, 4.69) is 31.5 Å². The van der Waals surface area contributed by atoms with Crippen molar-refractivity contribution in [1.82, 2.24) is 4.98 Å². The summed E-state index contributed by atoms with van der Waals surface area (Å²) < 4.78 is 5.95. The molecule has 6 heteroatoms. The minimum Gasteiger partial charge on any atom is -0.497 e. The van der Waals surface area contributed by atoms with E-state index in [1.165, 1.54) is 0 Å². The largest absolute Gasteiger partial charge is 0.497 e. The van der Waals surface area contributed by atoms with E-state index < -0.39 is 0 Å². The molecular weight excluding hydrogens is 334 g/mol. The summed E-state index contributed by atoms with van der Waals surface area (Å²) >= 11 is 3.41. The van der Waals surface area contributed by atoms with Gasteiger partial charge in [0.15, 0.2) is 0 Å². The zero-order chi connectivity index (χ0) is 15.2. The van der Waals surface area contributed by atoms with Crippen LogP contribution in [-0.2, 0) is 0 Å². The lowest BCUT2D eigenvalue weighted by molar-refractivity contribution is 0.102. The third-order valence-electron chi connectivity index (χ3n) is 2.80. The van der Waals surface area contributed by atoms with Gasteiger partial charge in [0.05, 0.1) is 12.8 Å². The van der Waals surface area contributed by atoms with Crippen LogP contribution in [0, 0.1) is 0 Å². The van der Waals surface area contributed by atoms with E-state index in [9.17, 15) is 4.79 Å². The molecule has 0 fully saturated rings. The van der Waals surface area contributed by atoms with Crippen LogP contribution in [0.5, 0.6) is 5.75 Å². The van der Waals surface area contributed by atoms with Crippen LogP contribution < -0.4 is 15.4 Å². The molecule has 0 spiro atoms. The average molecular weight is 350 g/mol. The quantitative estimate of drug-likeness (QED) is 0.866. The maximum absolute atomic E-state index is 12.3. The number of hydrogen-bond donors (Lipinski definition) is 2. The zero-order valence-corrected chi connectivity index (χ0v) is 13.4. The van der Waals surface area contributed by atoms with Crippen LogP contribution in [0.25, 0.3) is 0 Å². The molecule has 0 aliphatic heterocycles. The Labute approximate surface area is 131 Å². The molecule has 110 valence electrons. The van der Waals surface area contributed by atoms with Crippen molar-refractivity contribution in [3.8, 4) is 5.75 Å². The summed E-state index contributed by atoms with van der Waals surface area (Å²) in [6.07, 6.45) is 1.60. The van der Waals surface area contributed by atoms with Crippen LogP contribution in [0.15, 0.2) is 41.0 Å². The van der Waals surface area contributed by atoms with Crippen LogP contribution in [-0.4, -0.2) is 24.5 Å². The predicted molar refractivity (Wildman–Crippen MR) is 87.0 cm³/mol. The zero-order valence-electron chi connectivity index (χ0n) is 11.8. The van der Waals surface area contributed by atoms with Gasteiger partial charge in [0.1, 0.15) is 11.6 Å². The Hall–Kier alpha value is -2.08. The summed E-state index contributed by atoms with van der Waals surface area (Å²) in [5.74, 6) is 1.15. The van der Waals surface area contributed by atoms with Gasteiger partial charge in [-0.25, -0.2) is 4.98 Å². The van der Waals surface area contributed by atoms with Crippen molar-refractivity contribution in [3.05, 3.63) is 46.6 Å². The molecular formula is C15H16BrN3O2. The lowest BCUT2D eigenvalue weighted by Crippen LogP contribution is -2.13. The molecule has 2 rings (SSSR count). The molecule has 21 heavy (non-hydrogen) atoms. The minimum absolute atomic E-state index is 0.203. The van der Waals surface area contributed by atoms with Gasteiger partial charge in [-0.2, -0.15) is 0 Å². The van der Waals surface area contributed by atoms with Crippen molar-refractivity contribution >= 4 is 33.3 Å². The lowest BCUT2D eigenvalue weighted by Gasteiger charge is -2.10. The van der Waals surface area contributed by atoms with Crippen LogP contribution in [0.3, 0.4) is 0 Å². The molecule has 0 radical (unpaired) electrons. The smallest absolute Gasteiger partial charge is 0.255 e. The Morgan fingerprint density at radius 2 is 2.14 bits per heavy atom. The van der Waals surface area contributed by atoms with Crippen LogP contribution in [0.2, 0.25) is 0 Å². The van der Waals surface area contributed by atoms with Crippen molar-refractivity contribution in [3.63, 3.8) is 0 Å². The molecule has 0 aliphatic carbocycles. The molecule has 0 saturated heterocycles. The Kier molecular flexibility index (Phi) is 5.16. The number of nitrogens with one attached hydrogen (secondary N) is 2. The van der Waals surface area contributed by atoms with E-state index in [0.29, 0.717) is 22.8 Å². The molecule has 0 bridgehead atoms. The second kappa shape index (κ2) is 7.08. The number of carbonyl (C=O) groups is 1. The van der Waals surface area contributed by atoms with Crippen molar-refractivity contribution in [1.29, 1.82) is 0 Å². The first-order chi connectivity index (χ1) is 10.1. The number of methoxy groups -OCH3 is 1. The predicted octanol–water partition coefficient (Wildman–Crippen LogP) is 3.54. The maximum atomic E-state index is 12.3. The highest BCUT2D eigenvalue weighted by Gasteiger charge is 2.10. The van der Waals surface area contributed by atoms with Crippen LogP contribution in [0.4, 0.5) is 11.5 Å². The number of aromatic nitrogens is 1. The Morgan fingerprint density at radius 1 is 1.33 bits per heavy atom. The molecule has 1 heterocycles. The van der Waals surface area contributed by atoms with Gasteiger partial charge < -0.3 is 15.4 Å².